The summed E-state index contributed by atoms with van der Waals surface area (Å²) in [5.41, 5.74) is 0.0303. The lowest BCUT2D eigenvalue weighted by atomic mass is 9.94. The molecule has 3 nitrogen and oxygen atoms in total. The van der Waals surface area contributed by atoms with Crippen LogP contribution < -0.4 is 5.32 Å². The zero-order valence-electron chi connectivity index (χ0n) is 9.88. The van der Waals surface area contributed by atoms with Crippen LogP contribution in [0, 0.1) is 11.3 Å². The molecule has 1 fully saturated rings. The molecule has 0 aromatic heterocycles. The lowest BCUT2D eigenvalue weighted by Gasteiger charge is -2.36. The molecule has 1 N–H and O–H groups in total. The molecule has 86 valence electrons. The Hall–Kier alpha value is -0.590. The van der Waals surface area contributed by atoms with E-state index in [0.717, 1.165) is 38.8 Å². The summed E-state index contributed by atoms with van der Waals surface area (Å²) < 4.78 is 5.66. The molecule has 0 aromatic rings. The fraction of sp³-hybridized carbons (Fsp3) is 0.917. The second-order valence-electron chi connectivity index (χ2n) is 4.87. The molecular weight excluding hydrogens is 188 g/mol. The molecule has 1 heterocycles. The van der Waals surface area contributed by atoms with Gasteiger partial charge in [0.2, 0.25) is 0 Å². The number of rotatable bonds is 5. The Kier molecular flexibility index (Phi) is 5.07. The summed E-state index contributed by atoms with van der Waals surface area (Å²) in [6.45, 7) is 6.19. The summed E-state index contributed by atoms with van der Waals surface area (Å²) in [6.07, 6.45) is 5.00. The van der Waals surface area contributed by atoms with Crippen LogP contribution >= 0.6 is 0 Å². The normalized spacial score (nSPS) is 24.7. The molecular formula is C12H22N2O. The number of unbranched alkanes of at least 4 members (excludes halogenated alkanes) is 2. The van der Waals surface area contributed by atoms with E-state index in [1.807, 2.05) is 0 Å². The third-order valence-electron chi connectivity index (χ3n) is 2.85. The summed E-state index contributed by atoms with van der Waals surface area (Å²) in [4.78, 5) is 0. The molecule has 1 aliphatic heterocycles. The lowest BCUT2D eigenvalue weighted by molar-refractivity contribution is -0.0627. The molecule has 0 radical (unpaired) electrons. The summed E-state index contributed by atoms with van der Waals surface area (Å²) in [5.74, 6) is 0. The Morgan fingerprint density at radius 2 is 2.27 bits per heavy atom. The Morgan fingerprint density at radius 1 is 1.47 bits per heavy atom. The molecule has 0 spiro atoms. The van der Waals surface area contributed by atoms with Gasteiger partial charge in [-0.2, -0.15) is 5.26 Å². The van der Waals surface area contributed by atoms with E-state index in [-0.39, 0.29) is 5.60 Å². The van der Waals surface area contributed by atoms with Gasteiger partial charge in [0.05, 0.1) is 11.7 Å². The minimum atomic E-state index is 0.0303. The SMILES string of the molecule is CC1(C)CC(NCCCCC#N)CCO1. The van der Waals surface area contributed by atoms with Gasteiger partial charge in [0.15, 0.2) is 0 Å². The molecule has 1 unspecified atom stereocenters. The average Bonchev–Trinajstić information content (AvgIpc) is 2.16. The maximum absolute atomic E-state index is 8.40. The van der Waals surface area contributed by atoms with Crippen molar-refractivity contribution in [1.29, 1.82) is 5.26 Å². The second-order valence-corrected chi connectivity index (χ2v) is 4.87. The zero-order valence-corrected chi connectivity index (χ0v) is 9.88. The highest BCUT2D eigenvalue weighted by Gasteiger charge is 2.28. The van der Waals surface area contributed by atoms with Crippen molar-refractivity contribution in [2.75, 3.05) is 13.2 Å². The predicted octanol–water partition coefficient (Wildman–Crippen LogP) is 2.23. The fourth-order valence-electron chi connectivity index (χ4n) is 2.04. The minimum absolute atomic E-state index is 0.0303. The lowest BCUT2D eigenvalue weighted by Crippen LogP contribution is -2.43. The maximum Gasteiger partial charge on any atom is 0.0641 e. The first-order valence-electron chi connectivity index (χ1n) is 5.88. The molecule has 0 amide bonds. The van der Waals surface area contributed by atoms with Crippen molar-refractivity contribution in [1.82, 2.24) is 5.32 Å². The van der Waals surface area contributed by atoms with E-state index in [9.17, 15) is 0 Å². The first-order valence-corrected chi connectivity index (χ1v) is 5.88. The highest BCUT2D eigenvalue weighted by atomic mass is 16.5. The van der Waals surface area contributed by atoms with Crippen LogP contribution in [0.3, 0.4) is 0 Å². The van der Waals surface area contributed by atoms with E-state index in [0.29, 0.717) is 12.5 Å². The van der Waals surface area contributed by atoms with E-state index >= 15 is 0 Å². The van der Waals surface area contributed by atoms with Crippen LogP contribution in [0.15, 0.2) is 0 Å². The van der Waals surface area contributed by atoms with Crippen LogP contribution in [0.2, 0.25) is 0 Å². The van der Waals surface area contributed by atoms with Crippen molar-refractivity contribution in [2.24, 2.45) is 0 Å². The quantitative estimate of drug-likeness (QED) is 0.708. The van der Waals surface area contributed by atoms with Gasteiger partial charge in [-0.3, -0.25) is 0 Å². The molecule has 0 aromatic carbocycles. The van der Waals surface area contributed by atoms with Crippen molar-refractivity contribution in [2.45, 2.75) is 57.6 Å². The molecule has 0 aliphatic carbocycles. The number of nitrogens with one attached hydrogen (secondary N) is 1. The van der Waals surface area contributed by atoms with E-state index in [1.54, 1.807) is 0 Å². The summed E-state index contributed by atoms with van der Waals surface area (Å²) in [7, 11) is 0. The van der Waals surface area contributed by atoms with Crippen LogP contribution in [0.25, 0.3) is 0 Å². The monoisotopic (exact) mass is 210 g/mol. The minimum Gasteiger partial charge on any atom is -0.375 e. The topological polar surface area (TPSA) is 45.0 Å². The van der Waals surface area contributed by atoms with Crippen LogP contribution in [0.5, 0.6) is 0 Å². The Morgan fingerprint density at radius 3 is 2.93 bits per heavy atom. The average molecular weight is 210 g/mol. The molecule has 0 bridgehead atoms. The standard InChI is InChI=1S/C12H22N2O/c1-12(2)10-11(6-9-15-12)14-8-5-3-4-7-13/h11,14H,3-6,8-10H2,1-2H3. The van der Waals surface area contributed by atoms with Crippen LogP contribution in [0.1, 0.15) is 46.0 Å². The maximum atomic E-state index is 8.40. The van der Waals surface area contributed by atoms with Crippen molar-refractivity contribution in [3.05, 3.63) is 0 Å². The zero-order chi connectivity index (χ0) is 11.1. The van der Waals surface area contributed by atoms with Crippen LogP contribution in [0.4, 0.5) is 0 Å². The van der Waals surface area contributed by atoms with E-state index in [1.165, 1.54) is 0 Å². The van der Waals surface area contributed by atoms with E-state index in [4.69, 9.17) is 10.00 Å². The van der Waals surface area contributed by atoms with Gasteiger partial charge in [-0.15, -0.1) is 0 Å². The van der Waals surface area contributed by atoms with E-state index in [2.05, 4.69) is 25.2 Å². The van der Waals surface area contributed by atoms with Crippen molar-refractivity contribution >= 4 is 0 Å². The molecule has 1 aliphatic rings. The number of hydrogen-bond acceptors (Lipinski definition) is 3. The van der Waals surface area contributed by atoms with Gasteiger partial charge in [-0.1, -0.05) is 0 Å². The highest BCUT2D eigenvalue weighted by molar-refractivity contribution is 4.82. The molecule has 3 heteroatoms. The third kappa shape index (κ3) is 5.15. The Balaban J connectivity index is 2.08. The first kappa shape index (κ1) is 12.5. The number of nitrogens with zero attached hydrogens (tertiary/aromatic N) is 1. The van der Waals surface area contributed by atoms with Gasteiger partial charge >= 0.3 is 0 Å². The number of nitriles is 1. The summed E-state index contributed by atoms with van der Waals surface area (Å²) >= 11 is 0. The van der Waals surface area contributed by atoms with Crippen molar-refractivity contribution < 1.29 is 4.74 Å². The fourth-order valence-corrected chi connectivity index (χ4v) is 2.04. The smallest absolute Gasteiger partial charge is 0.0641 e. The molecule has 15 heavy (non-hydrogen) atoms. The highest BCUT2D eigenvalue weighted by Crippen LogP contribution is 2.23. The van der Waals surface area contributed by atoms with Gasteiger partial charge in [0, 0.05) is 19.1 Å². The predicted molar refractivity (Wildman–Crippen MR) is 60.5 cm³/mol. The van der Waals surface area contributed by atoms with Gasteiger partial charge in [0.25, 0.3) is 0 Å². The third-order valence-corrected chi connectivity index (χ3v) is 2.85. The number of hydrogen-bond donors (Lipinski definition) is 1. The van der Waals surface area contributed by atoms with Crippen molar-refractivity contribution in [3.8, 4) is 6.07 Å². The van der Waals surface area contributed by atoms with Gasteiger partial charge in [-0.25, -0.2) is 0 Å². The second kappa shape index (κ2) is 6.09. The van der Waals surface area contributed by atoms with Gasteiger partial charge in [-0.05, 0) is 46.1 Å². The summed E-state index contributed by atoms with van der Waals surface area (Å²) in [6, 6.07) is 2.76. The largest absolute Gasteiger partial charge is 0.375 e. The first-order chi connectivity index (χ1) is 7.14. The van der Waals surface area contributed by atoms with Gasteiger partial charge < -0.3 is 10.1 Å². The van der Waals surface area contributed by atoms with E-state index < -0.39 is 0 Å². The molecule has 1 atom stereocenters. The Bertz CT molecular complexity index is 220. The molecule has 1 saturated heterocycles. The number of ether oxygens (including phenoxy) is 1. The van der Waals surface area contributed by atoms with Gasteiger partial charge in [0.1, 0.15) is 0 Å². The molecule has 0 saturated carbocycles. The molecule has 1 rings (SSSR count). The van der Waals surface area contributed by atoms with Crippen LogP contribution in [-0.4, -0.2) is 24.8 Å². The Labute approximate surface area is 92.8 Å². The van der Waals surface area contributed by atoms with Crippen molar-refractivity contribution in [3.63, 3.8) is 0 Å². The summed E-state index contributed by atoms with van der Waals surface area (Å²) in [5, 5.41) is 11.9. The van der Waals surface area contributed by atoms with Crippen LogP contribution in [-0.2, 0) is 4.74 Å².